The average molecular weight is 252 g/mol. The number of anilines is 1. The van der Waals surface area contributed by atoms with Gasteiger partial charge in [0.1, 0.15) is 12.7 Å². The summed E-state index contributed by atoms with van der Waals surface area (Å²) in [5, 5.41) is 9.34. The van der Waals surface area contributed by atoms with Crippen LogP contribution in [-0.2, 0) is 6.61 Å². The van der Waals surface area contributed by atoms with Crippen LogP contribution in [0.1, 0.15) is 11.1 Å². The van der Waals surface area contributed by atoms with Crippen molar-refractivity contribution in [1.29, 1.82) is 5.26 Å². The Morgan fingerprint density at radius 2 is 2.16 bits per heavy atom. The lowest BCUT2D eigenvalue weighted by Crippen LogP contribution is -2.09. The van der Waals surface area contributed by atoms with Crippen LogP contribution in [0.5, 0.6) is 11.5 Å². The number of methoxy groups -OCH3 is 1. The number of nitrogen functional groups attached to an aromatic ring is 1. The molecule has 0 spiro atoms. The number of nitrogens with two attached hydrogens (primary N) is 1. The molecule has 3 rings (SSSR count). The predicted molar refractivity (Wildman–Crippen MR) is 71.9 cm³/mol. The van der Waals surface area contributed by atoms with Gasteiger partial charge in [-0.3, -0.25) is 0 Å². The maximum Gasteiger partial charge on any atom is 0.170 e. The summed E-state index contributed by atoms with van der Waals surface area (Å²) in [5.41, 5.74) is 9.51. The molecule has 0 aliphatic carbocycles. The van der Waals surface area contributed by atoms with Crippen molar-refractivity contribution in [2.45, 2.75) is 6.61 Å². The molecule has 0 bridgehead atoms. The summed E-state index contributed by atoms with van der Waals surface area (Å²) >= 11 is 0. The van der Waals surface area contributed by atoms with E-state index < -0.39 is 0 Å². The molecule has 2 aromatic rings. The molecule has 2 N–H and O–H groups in total. The van der Waals surface area contributed by atoms with Crippen molar-refractivity contribution in [1.82, 2.24) is 0 Å². The van der Waals surface area contributed by atoms with Gasteiger partial charge in [-0.2, -0.15) is 5.26 Å². The minimum atomic E-state index is 0.401. The van der Waals surface area contributed by atoms with Crippen LogP contribution in [0.3, 0.4) is 0 Å². The molecule has 1 heterocycles. The minimum Gasteiger partial charge on any atom is -0.493 e. The molecule has 1 aliphatic rings. The zero-order valence-electron chi connectivity index (χ0n) is 10.4. The smallest absolute Gasteiger partial charge is 0.170 e. The van der Waals surface area contributed by atoms with Gasteiger partial charge in [-0.25, -0.2) is 0 Å². The number of nitrogens with zero attached hydrogens (tertiary/aromatic N) is 1. The normalized spacial score (nSPS) is 11.8. The standard InChI is InChI=1S/C15H12N2O2/c1-18-13-6-12(17)11(7-16)14-10-5-3-2-4-9(10)8-19-15(13)14/h2-6H,8,17H2,1H3. The highest BCUT2D eigenvalue weighted by Crippen LogP contribution is 2.47. The summed E-state index contributed by atoms with van der Waals surface area (Å²) in [6.45, 7) is 0.467. The van der Waals surface area contributed by atoms with Crippen LogP contribution in [0.15, 0.2) is 30.3 Å². The number of hydrogen-bond acceptors (Lipinski definition) is 4. The van der Waals surface area contributed by atoms with Crippen molar-refractivity contribution in [2.75, 3.05) is 12.8 Å². The van der Waals surface area contributed by atoms with E-state index >= 15 is 0 Å². The minimum absolute atomic E-state index is 0.401. The van der Waals surface area contributed by atoms with Gasteiger partial charge < -0.3 is 15.2 Å². The Labute approximate surface area is 111 Å². The zero-order valence-corrected chi connectivity index (χ0v) is 10.4. The van der Waals surface area contributed by atoms with E-state index in [2.05, 4.69) is 6.07 Å². The maximum absolute atomic E-state index is 9.34. The fourth-order valence-corrected chi connectivity index (χ4v) is 2.37. The average Bonchev–Trinajstić information content (AvgIpc) is 2.46. The SMILES string of the molecule is COc1cc(N)c(C#N)c2c1OCc1ccccc1-2. The molecule has 0 unspecified atom stereocenters. The molecule has 0 atom stereocenters. The largest absolute Gasteiger partial charge is 0.493 e. The van der Waals surface area contributed by atoms with E-state index in [-0.39, 0.29) is 0 Å². The van der Waals surface area contributed by atoms with E-state index in [0.29, 0.717) is 29.4 Å². The lowest BCUT2D eigenvalue weighted by Gasteiger charge is -2.24. The van der Waals surface area contributed by atoms with Gasteiger partial charge in [-0.15, -0.1) is 0 Å². The number of hydrogen-bond donors (Lipinski definition) is 1. The van der Waals surface area contributed by atoms with Gasteiger partial charge in [0, 0.05) is 11.6 Å². The molecule has 0 saturated carbocycles. The van der Waals surface area contributed by atoms with Crippen LogP contribution in [0.2, 0.25) is 0 Å². The number of ether oxygens (including phenoxy) is 2. The van der Waals surface area contributed by atoms with E-state index in [4.69, 9.17) is 15.2 Å². The van der Waals surface area contributed by atoms with Crippen LogP contribution in [0, 0.1) is 11.3 Å². The molecule has 0 saturated heterocycles. The van der Waals surface area contributed by atoms with Gasteiger partial charge >= 0.3 is 0 Å². The molecule has 4 nitrogen and oxygen atoms in total. The third-order valence-electron chi connectivity index (χ3n) is 3.27. The van der Waals surface area contributed by atoms with Crippen molar-refractivity contribution in [3.8, 4) is 28.7 Å². The molecule has 19 heavy (non-hydrogen) atoms. The number of benzene rings is 2. The molecule has 94 valence electrons. The van der Waals surface area contributed by atoms with Gasteiger partial charge in [0.2, 0.25) is 0 Å². The van der Waals surface area contributed by atoms with E-state index in [0.717, 1.165) is 16.7 Å². The molecule has 0 amide bonds. The molecule has 0 fully saturated rings. The third-order valence-corrected chi connectivity index (χ3v) is 3.27. The Balaban J connectivity index is 2.40. The van der Waals surface area contributed by atoms with Gasteiger partial charge in [-0.1, -0.05) is 24.3 Å². The number of rotatable bonds is 1. The number of nitriles is 1. The first-order valence-corrected chi connectivity index (χ1v) is 5.88. The van der Waals surface area contributed by atoms with Crippen molar-refractivity contribution in [3.05, 3.63) is 41.5 Å². The Morgan fingerprint density at radius 3 is 2.89 bits per heavy atom. The van der Waals surface area contributed by atoms with E-state index in [1.54, 1.807) is 13.2 Å². The van der Waals surface area contributed by atoms with Gasteiger partial charge in [0.05, 0.1) is 18.4 Å². The van der Waals surface area contributed by atoms with Crippen molar-refractivity contribution in [3.63, 3.8) is 0 Å². The summed E-state index contributed by atoms with van der Waals surface area (Å²) in [7, 11) is 1.56. The summed E-state index contributed by atoms with van der Waals surface area (Å²) in [6, 6.07) is 11.6. The van der Waals surface area contributed by atoms with Crippen LogP contribution in [0.4, 0.5) is 5.69 Å². The van der Waals surface area contributed by atoms with Crippen molar-refractivity contribution in [2.24, 2.45) is 0 Å². The molecular formula is C15H12N2O2. The highest BCUT2D eigenvalue weighted by Gasteiger charge is 2.25. The first-order valence-electron chi connectivity index (χ1n) is 5.88. The van der Waals surface area contributed by atoms with E-state index in [1.165, 1.54) is 0 Å². The summed E-state index contributed by atoms with van der Waals surface area (Å²) < 4.78 is 11.0. The highest BCUT2D eigenvalue weighted by molar-refractivity contribution is 5.87. The molecule has 4 heteroatoms. The molecule has 0 radical (unpaired) electrons. The molecule has 2 aromatic carbocycles. The summed E-state index contributed by atoms with van der Waals surface area (Å²) in [5.74, 6) is 1.15. The molecule has 0 aromatic heterocycles. The van der Waals surface area contributed by atoms with E-state index in [9.17, 15) is 5.26 Å². The Morgan fingerprint density at radius 1 is 1.37 bits per heavy atom. The van der Waals surface area contributed by atoms with E-state index in [1.807, 2.05) is 24.3 Å². The first kappa shape index (κ1) is 11.4. The summed E-state index contributed by atoms with van der Waals surface area (Å²) in [6.07, 6.45) is 0. The lowest BCUT2D eigenvalue weighted by molar-refractivity contribution is 0.281. The zero-order chi connectivity index (χ0) is 13.4. The second-order valence-electron chi connectivity index (χ2n) is 4.30. The second-order valence-corrected chi connectivity index (χ2v) is 4.30. The topological polar surface area (TPSA) is 68.3 Å². The Hall–Kier alpha value is -2.67. The summed E-state index contributed by atoms with van der Waals surface area (Å²) in [4.78, 5) is 0. The van der Waals surface area contributed by atoms with Crippen molar-refractivity contribution < 1.29 is 9.47 Å². The Bertz CT molecular complexity index is 702. The fourth-order valence-electron chi connectivity index (χ4n) is 2.37. The third kappa shape index (κ3) is 1.59. The van der Waals surface area contributed by atoms with Crippen LogP contribution in [-0.4, -0.2) is 7.11 Å². The van der Waals surface area contributed by atoms with Crippen LogP contribution in [0.25, 0.3) is 11.1 Å². The van der Waals surface area contributed by atoms with Crippen LogP contribution < -0.4 is 15.2 Å². The van der Waals surface area contributed by atoms with Crippen molar-refractivity contribution >= 4 is 5.69 Å². The Kier molecular flexibility index (Phi) is 2.53. The quantitative estimate of drug-likeness (QED) is 0.792. The molecule has 1 aliphatic heterocycles. The maximum atomic E-state index is 9.34. The highest BCUT2D eigenvalue weighted by atomic mass is 16.5. The molecular weight excluding hydrogens is 240 g/mol. The lowest BCUT2D eigenvalue weighted by atomic mass is 9.92. The van der Waals surface area contributed by atoms with Gasteiger partial charge in [-0.05, 0) is 11.1 Å². The van der Waals surface area contributed by atoms with Crippen LogP contribution >= 0.6 is 0 Å². The first-order chi connectivity index (χ1) is 9.26. The second kappa shape index (κ2) is 4.21. The number of fused-ring (bicyclic) bond motifs is 3. The predicted octanol–water partition coefficient (Wildman–Crippen LogP) is 2.71. The van der Waals surface area contributed by atoms with Gasteiger partial charge in [0.15, 0.2) is 11.5 Å². The fraction of sp³-hybridized carbons (Fsp3) is 0.133. The van der Waals surface area contributed by atoms with Gasteiger partial charge in [0.25, 0.3) is 0 Å². The monoisotopic (exact) mass is 252 g/mol.